The third-order valence-electron chi connectivity index (χ3n) is 6.51. The topological polar surface area (TPSA) is 70.4 Å². The number of hydrogen-bond donors (Lipinski definition) is 2. The maximum Gasteiger partial charge on any atom is 0.420 e. The number of aromatic nitrogens is 2. The van der Waals surface area contributed by atoms with Gasteiger partial charge < -0.3 is 15.3 Å². The van der Waals surface area contributed by atoms with Gasteiger partial charge in [0.15, 0.2) is 5.60 Å². The summed E-state index contributed by atoms with van der Waals surface area (Å²) in [6.07, 6.45) is 5.33. The number of halogens is 3. The molecular formula is C27H29F3N4O2. The van der Waals surface area contributed by atoms with Crippen molar-refractivity contribution in [1.29, 1.82) is 0 Å². The second-order valence-corrected chi connectivity index (χ2v) is 8.96. The third kappa shape index (κ3) is 5.02. The lowest BCUT2D eigenvalue weighted by Gasteiger charge is -2.36. The molecule has 2 N–H and O–H groups in total. The fraction of sp³-hybridized carbons (Fsp3) is 0.333. The van der Waals surface area contributed by atoms with Crippen LogP contribution in [0.15, 0.2) is 73.0 Å². The minimum absolute atomic E-state index is 0.0112. The van der Waals surface area contributed by atoms with E-state index in [1.165, 1.54) is 0 Å². The zero-order chi connectivity index (χ0) is 25.9. The maximum atomic E-state index is 14.2. The number of hydrogen-bond acceptors (Lipinski definition) is 4. The minimum Gasteiger partial charge on any atom is -0.381 e. The first-order chi connectivity index (χ1) is 17.1. The summed E-state index contributed by atoms with van der Waals surface area (Å²) in [5, 5.41) is 18.7. The molecule has 3 aromatic rings. The van der Waals surface area contributed by atoms with Crippen molar-refractivity contribution in [3.05, 3.63) is 84.1 Å². The number of amides is 1. The van der Waals surface area contributed by atoms with Crippen LogP contribution in [0.1, 0.15) is 35.3 Å². The van der Waals surface area contributed by atoms with Gasteiger partial charge in [-0.2, -0.15) is 18.3 Å². The second-order valence-electron chi connectivity index (χ2n) is 8.96. The normalized spacial score (nSPS) is 17.2. The van der Waals surface area contributed by atoms with E-state index in [-0.39, 0.29) is 12.6 Å². The van der Waals surface area contributed by atoms with Gasteiger partial charge in [-0.05, 0) is 44.0 Å². The van der Waals surface area contributed by atoms with Crippen LogP contribution in [0.2, 0.25) is 0 Å². The van der Waals surface area contributed by atoms with Crippen molar-refractivity contribution in [1.82, 2.24) is 14.7 Å². The zero-order valence-electron chi connectivity index (χ0n) is 20.2. The molecule has 0 fully saturated rings. The van der Waals surface area contributed by atoms with Crippen molar-refractivity contribution >= 4 is 22.5 Å². The first-order valence-electron chi connectivity index (χ1n) is 11.8. The number of anilines is 1. The van der Waals surface area contributed by atoms with Gasteiger partial charge in [0.1, 0.15) is 0 Å². The summed E-state index contributed by atoms with van der Waals surface area (Å²) < 4.78 is 44.3. The van der Waals surface area contributed by atoms with Crippen LogP contribution in [0.4, 0.5) is 18.9 Å². The molecule has 1 heterocycles. The third-order valence-corrected chi connectivity index (χ3v) is 6.51. The van der Waals surface area contributed by atoms with E-state index in [4.69, 9.17) is 0 Å². The Morgan fingerprint density at radius 3 is 2.64 bits per heavy atom. The summed E-state index contributed by atoms with van der Waals surface area (Å²) in [5.74, 6) is -0.559. The van der Waals surface area contributed by atoms with Gasteiger partial charge >= 0.3 is 6.18 Å². The predicted molar refractivity (Wildman–Crippen MR) is 134 cm³/mol. The molecule has 0 saturated heterocycles. The van der Waals surface area contributed by atoms with Gasteiger partial charge in [0.2, 0.25) is 0 Å². The molecule has 1 aliphatic carbocycles. The van der Waals surface area contributed by atoms with Crippen LogP contribution in [0, 0.1) is 6.92 Å². The number of carbonyl (C=O) groups excluding carboxylic acids is 1. The summed E-state index contributed by atoms with van der Waals surface area (Å²) in [4.78, 5) is 14.0. The highest BCUT2D eigenvalue weighted by Crippen LogP contribution is 2.34. The van der Waals surface area contributed by atoms with E-state index >= 15 is 0 Å². The number of fused-ring (bicyclic) bond motifs is 1. The lowest BCUT2D eigenvalue weighted by molar-refractivity contribution is -0.257. The van der Waals surface area contributed by atoms with Crippen LogP contribution in [0.3, 0.4) is 0 Å². The smallest absolute Gasteiger partial charge is 0.381 e. The Bertz CT molecular complexity index is 1300. The Labute approximate surface area is 207 Å². The van der Waals surface area contributed by atoms with Gasteiger partial charge in [-0.15, -0.1) is 0 Å². The minimum atomic E-state index is -4.98. The first kappa shape index (κ1) is 25.5. The lowest BCUT2D eigenvalue weighted by atomic mass is 10.0. The number of allylic oxidation sites excluding steroid dienone is 4. The molecule has 0 spiro atoms. The Balaban J connectivity index is 1.57. The summed E-state index contributed by atoms with van der Waals surface area (Å²) in [5.41, 5.74) is -1.02. The summed E-state index contributed by atoms with van der Waals surface area (Å²) >= 11 is 0. The lowest BCUT2D eigenvalue weighted by Crippen LogP contribution is -2.58. The number of carbonyl (C=O) groups is 1. The number of rotatable bonds is 8. The molecular weight excluding hydrogens is 469 g/mol. The molecule has 2 unspecified atom stereocenters. The molecule has 1 aromatic heterocycles. The van der Waals surface area contributed by atoms with Crippen molar-refractivity contribution in [2.75, 3.05) is 25.0 Å². The number of benzene rings is 2. The summed E-state index contributed by atoms with van der Waals surface area (Å²) in [7, 11) is 0. The standard InChI is InChI=1S/C27H29F3N4O2/c1-3-33(25(35)21-13-8-7-10-19(21)2)18-26(36,27(28,29)30)17-31-23-14-9-15-24-22(23)16-32-34(24)20-11-5-4-6-12-20/h4-11,13-16,20,31,36H,3,12,17-18H2,1-2H3. The number of aryl methyl sites for hydroxylation is 1. The van der Waals surface area contributed by atoms with E-state index in [1.54, 1.807) is 56.4 Å². The number of alkyl halides is 3. The molecule has 2 atom stereocenters. The summed E-state index contributed by atoms with van der Waals surface area (Å²) in [6.45, 7) is 1.59. The molecule has 2 aromatic carbocycles. The molecule has 9 heteroatoms. The summed E-state index contributed by atoms with van der Waals surface area (Å²) in [6, 6.07) is 12.0. The maximum absolute atomic E-state index is 14.2. The van der Waals surface area contributed by atoms with E-state index in [9.17, 15) is 23.1 Å². The van der Waals surface area contributed by atoms with Gasteiger partial charge in [0.05, 0.1) is 30.8 Å². The fourth-order valence-corrected chi connectivity index (χ4v) is 4.35. The molecule has 6 nitrogen and oxygen atoms in total. The average molecular weight is 499 g/mol. The molecule has 4 rings (SSSR count). The van der Waals surface area contributed by atoms with Gasteiger partial charge in [-0.25, -0.2) is 0 Å². The highest BCUT2D eigenvalue weighted by molar-refractivity contribution is 5.95. The van der Waals surface area contributed by atoms with Crippen LogP contribution in [0.25, 0.3) is 10.9 Å². The van der Waals surface area contributed by atoms with Crippen molar-refractivity contribution in [2.24, 2.45) is 0 Å². The highest BCUT2D eigenvalue weighted by Gasteiger charge is 2.55. The van der Waals surface area contributed by atoms with E-state index in [2.05, 4.69) is 10.4 Å². The predicted octanol–water partition coefficient (Wildman–Crippen LogP) is 5.27. The number of nitrogens with one attached hydrogen (secondary N) is 1. The second kappa shape index (κ2) is 10.2. The molecule has 190 valence electrons. The van der Waals surface area contributed by atoms with Crippen molar-refractivity contribution in [3.63, 3.8) is 0 Å². The quantitative estimate of drug-likeness (QED) is 0.444. The van der Waals surface area contributed by atoms with Crippen LogP contribution in [-0.2, 0) is 0 Å². The Kier molecular flexibility index (Phi) is 7.21. The fourth-order valence-electron chi connectivity index (χ4n) is 4.35. The van der Waals surface area contributed by atoms with Gasteiger partial charge in [0.25, 0.3) is 5.91 Å². The van der Waals surface area contributed by atoms with Crippen molar-refractivity contribution in [3.8, 4) is 0 Å². The SMILES string of the molecule is CCN(CC(O)(CNc1cccc2c1cnn2C1C=CC=CC1)C(F)(F)F)C(=O)c1ccccc1C. The van der Waals surface area contributed by atoms with Gasteiger partial charge in [-0.3, -0.25) is 9.48 Å². The molecule has 1 aliphatic rings. The molecule has 1 amide bonds. The van der Waals surface area contributed by atoms with Crippen molar-refractivity contribution in [2.45, 2.75) is 38.1 Å². The molecule has 0 radical (unpaired) electrons. The molecule has 36 heavy (non-hydrogen) atoms. The largest absolute Gasteiger partial charge is 0.420 e. The molecule has 0 bridgehead atoms. The van der Waals surface area contributed by atoms with E-state index in [1.807, 2.05) is 35.1 Å². The van der Waals surface area contributed by atoms with Crippen LogP contribution < -0.4 is 5.32 Å². The van der Waals surface area contributed by atoms with E-state index in [0.717, 1.165) is 16.8 Å². The van der Waals surface area contributed by atoms with Crippen LogP contribution in [0.5, 0.6) is 0 Å². The Hall–Kier alpha value is -3.59. The van der Waals surface area contributed by atoms with Crippen LogP contribution >= 0.6 is 0 Å². The molecule has 0 saturated carbocycles. The average Bonchev–Trinajstić information content (AvgIpc) is 3.31. The Morgan fingerprint density at radius 1 is 1.19 bits per heavy atom. The number of nitrogens with zero attached hydrogens (tertiary/aromatic N) is 3. The zero-order valence-corrected chi connectivity index (χ0v) is 20.2. The molecule has 0 aliphatic heterocycles. The van der Waals surface area contributed by atoms with E-state index in [0.29, 0.717) is 22.2 Å². The first-order valence-corrected chi connectivity index (χ1v) is 11.8. The van der Waals surface area contributed by atoms with Crippen molar-refractivity contribution < 1.29 is 23.1 Å². The Morgan fingerprint density at radius 2 is 1.97 bits per heavy atom. The monoisotopic (exact) mass is 498 g/mol. The van der Waals surface area contributed by atoms with Gasteiger partial charge in [-0.1, -0.05) is 48.6 Å². The van der Waals surface area contributed by atoms with Crippen LogP contribution in [-0.4, -0.2) is 57.1 Å². The van der Waals surface area contributed by atoms with Gasteiger partial charge in [0, 0.05) is 23.2 Å². The highest BCUT2D eigenvalue weighted by atomic mass is 19.4. The number of aliphatic hydroxyl groups is 1. The number of likely N-dealkylation sites (N-methyl/N-ethyl adjacent to an activating group) is 1. The van der Waals surface area contributed by atoms with E-state index < -0.39 is 30.8 Å².